The van der Waals surface area contributed by atoms with E-state index in [1.165, 1.54) is 25.6 Å². The van der Waals surface area contributed by atoms with Crippen LogP contribution in [0.3, 0.4) is 0 Å². The molecule has 0 spiro atoms. The summed E-state index contributed by atoms with van der Waals surface area (Å²) < 4.78 is 17.2. The number of carbonyl (C=O) groups excluding carboxylic acids is 3. The van der Waals surface area contributed by atoms with Crippen LogP contribution in [0, 0.1) is 0 Å². The molecule has 162 valence electrons. The molecule has 0 atom stereocenters. The Hall–Kier alpha value is -3.46. The van der Waals surface area contributed by atoms with Crippen LogP contribution in [0.2, 0.25) is 0 Å². The summed E-state index contributed by atoms with van der Waals surface area (Å²) in [7, 11) is 2.60. The Kier molecular flexibility index (Phi) is 7.19. The van der Waals surface area contributed by atoms with Gasteiger partial charge in [-0.15, -0.1) is 0 Å². The zero-order valence-electron chi connectivity index (χ0n) is 17.4. The summed E-state index contributed by atoms with van der Waals surface area (Å²) >= 11 is 1.21. The number of hydrogen-bond donors (Lipinski definition) is 0. The first-order chi connectivity index (χ1) is 14.9. The van der Waals surface area contributed by atoms with Gasteiger partial charge in [-0.1, -0.05) is 23.5 Å². The Labute approximate surface area is 182 Å². The molecular weight excluding hydrogens is 420 g/mol. The number of esters is 2. The number of thiazole rings is 1. The topological polar surface area (TPSA) is 96.2 Å². The van der Waals surface area contributed by atoms with Crippen molar-refractivity contribution >= 4 is 39.4 Å². The lowest BCUT2D eigenvalue weighted by Crippen LogP contribution is -2.22. The minimum absolute atomic E-state index is 0.103. The van der Waals surface area contributed by atoms with Gasteiger partial charge in [0.05, 0.1) is 43.0 Å². The number of aromatic nitrogens is 1. The average molecular weight is 442 g/mol. The average Bonchev–Trinajstić information content (AvgIpc) is 3.10. The van der Waals surface area contributed by atoms with Crippen LogP contribution in [0.15, 0.2) is 47.5 Å². The number of methoxy groups -OCH3 is 2. The highest BCUT2D eigenvalue weighted by molar-refractivity contribution is 7.16. The summed E-state index contributed by atoms with van der Waals surface area (Å²) in [6.45, 7) is 2.36. The molecule has 31 heavy (non-hydrogen) atoms. The molecule has 0 fully saturated rings. The van der Waals surface area contributed by atoms with E-state index in [1.807, 2.05) is 19.1 Å². The lowest BCUT2D eigenvalue weighted by molar-refractivity contribution is -0.141. The van der Waals surface area contributed by atoms with Crippen molar-refractivity contribution in [1.29, 1.82) is 0 Å². The molecule has 0 aliphatic rings. The van der Waals surface area contributed by atoms with E-state index >= 15 is 0 Å². The van der Waals surface area contributed by atoms with Crippen molar-refractivity contribution in [3.05, 3.63) is 58.4 Å². The fourth-order valence-corrected chi connectivity index (χ4v) is 4.03. The predicted octanol–water partition coefficient (Wildman–Crippen LogP) is 2.73. The second kappa shape index (κ2) is 10.0. The van der Waals surface area contributed by atoms with Gasteiger partial charge in [0.25, 0.3) is 5.91 Å². The first-order valence-electron chi connectivity index (χ1n) is 9.53. The predicted molar refractivity (Wildman–Crippen MR) is 115 cm³/mol. The summed E-state index contributed by atoms with van der Waals surface area (Å²) in [5.74, 6) is -0.572. The highest BCUT2D eigenvalue weighted by Gasteiger charge is 2.14. The maximum absolute atomic E-state index is 12.6. The minimum atomic E-state index is -0.475. The van der Waals surface area contributed by atoms with E-state index in [-0.39, 0.29) is 18.9 Å². The van der Waals surface area contributed by atoms with Crippen LogP contribution in [0.5, 0.6) is 5.75 Å². The van der Waals surface area contributed by atoms with Crippen molar-refractivity contribution < 1.29 is 28.6 Å². The Morgan fingerprint density at radius 2 is 1.77 bits per heavy atom. The number of hydrogen-bond acceptors (Lipinski definition) is 7. The Morgan fingerprint density at radius 1 is 1.03 bits per heavy atom. The van der Waals surface area contributed by atoms with Crippen LogP contribution in [-0.4, -0.2) is 43.2 Å². The number of carbonyl (C=O) groups is 3. The van der Waals surface area contributed by atoms with Crippen LogP contribution in [0.1, 0.15) is 22.8 Å². The van der Waals surface area contributed by atoms with Crippen LogP contribution < -0.4 is 9.54 Å². The number of amides is 1. The van der Waals surface area contributed by atoms with Gasteiger partial charge in [0, 0.05) is 0 Å². The largest absolute Gasteiger partial charge is 0.494 e. The van der Waals surface area contributed by atoms with Crippen LogP contribution >= 0.6 is 11.3 Å². The lowest BCUT2D eigenvalue weighted by atomic mass is 10.1. The van der Waals surface area contributed by atoms with Crippen molar-refractivity contribution in [2.24, 2.45) is 4.99 Å². The maximum atomic E-state index is 12.6. The molecule has 0 N–H and O–H groups in total. The Balaban J connectivity index is 1.96. The third-order valence-electron chi connectivity index (χ3n) is 4.43. The Morgan fingerprint density at radius 3 is 2.42 bits per heavy atom. The molecule has 0 saturated heterocycles. The van der Waals surface area contributed by atoms with Gasteiger partial charge < -0.3 is 18.8 Å². The highest BCUT2D eigenvalue weighted by Crippen LogP contribution is 2.20. The molecule has 3 aromatic rings. The van der Waals surface area contributed by atoms with E-state index in [0.29, 0.717) is 27.2 Å². The third kappa shape index (κ3) is 5.37. The fraction of sp³-hybridized carbons (Fsp3) is 0.273. The van der Waals surface area contributed by atoms with Crippen molar-refractivity contribution in [2.45, 2.75) is 19.9 Å². The van der Waals surface area contributed by atoms with Gasteiger partial charge in [0.15, 0.2) is 4.80 Å². The third-order valence-corrected chi connectivity index (χ3v) is 5.47. The maximum Gasteiger partial charge on any atom is 0.337 e. The minimum Gasteiger partial charge on any atom is -0.494 e. The zero-order valence-corrected chi connectivity index (χ0v) is 18.2. The van der Waals surface area contributed by atoms with E-state index in [0.717, 1.165) is 11.3 Å². The number of fused-ring (bicyclic) bond motifs is 1. The number of rotatable bonds is 7. The summed E-state index contributed by atoms with van der Waals surface area (Å²) in [6.07, 6.45) is 0.103. The van der Waals surface area contributed by atoms with Gasteiger partial charge in [-0.2, -0.15) is 4.99 Å². The molecule has 0 aliphatic carbocycles. The normalized spacial score (nSPS) is 11.4. The Bertz CT molecular complexity index is 1180. The number of benzene rings is 2. The molecule has 1 amide bonds. The summed E-state index contributed by atoms with van der Waals surface area (Å²) in [5.41, 5.74) is 1.83. The van der Waals surface area contributed by atoms with Crippen molar-refractivity contribution in [3.63, 3.8) is 0 Å². The zero-order chi connectivity index (χ0) is 22.4. The lowest BCUT2D eigenvalue weighted by Gasteiger charge is -2.05. The molecule has 3 rings (SSSR count). The van der Waals surface area contributed by atoms with E-state index in [1.54, 1.807) is 34.9 Å². The smallest absolute Gasteiger partial charge is 0.337 e. The molecule has 9 heteroatoms. The first kappa shape index (κ1) is 22.2. The molecule has 1 heterocycles. The SMILES string of the molecule is CCOc1ccc(CC(=O)N=c2sc3cc(C(=O)OC)ccc3n2CC(=O)OC)cc1. The number of nitrogens with zero attached hydrogens (tertiary/aromatic N) is 2. The fourth-order valence-electron chi connectivity index (χ4n) is 2.94. The van der Waals surface area contributed by atoms with Crippen molar-refractivity contribution in [2.75, 3.05) is 20.8 Å². The quantitative estimate of drug-likeness (QED) is 0.522. The van der Waals surface area contributed by atoms with Gasteiger partial charge in [-0.3, -0.25) is 9.59 Å². The molecule has 0 saturated carbocycles. The van der Waals surface area contributed by atoms with E-state index in [2.05, 4.69) is 4.99 Å². The summed E-state index contributed by atoms with van der Waals surface area (Å²) in [5, 5.41) is 0. The van der Waals surface area contributed by atoms with Gasteiger partial charge >= 0.3 is 11.9 Å². The molecule has 0 bridgehead atoms. The second-order valence-electron chi connectivity index (χ2n) is 6.48. The van der Waals surface area contributed by atoms with Gasteiger partial charge in [-0.05, 0) is 42.8 Å². The summed E-state index contributed by atoms with van der Waals surface area (Å²) in [6, 6.07) is 12.2. The van der Waals surface area contributed by atoms with Crippen LogP contribution in [0.4, 0.5) is 0 Å². The molecule has 0 aliphatic heterocycles. The van der Waals surface area contributed by atoms with E-state index in [4.69, 9.17) is 14.2 Å². The molecule has 8 nitrogen and oxygen atoms in total. The molecule has 1 aromatic heterocycles. The van der Waals surface area contributed by atoms with Gasteiger partial charge in [0.1, 0.15) is 12.3 Å². The highest BCUT2D eigenvalue weighted by atomic mass is 32.1. The summed E-state index contributed by atoms with van der Waals surface area (Å²) in [4.78, 5) is 40.9. The molecule has 2 aromatic carbocycles. The van der Waals surface area contributed by atoms with Gasteiger partial charge in [0.2, 0.25) is 0 Å². The molecule has 0 unspecified atom stereocenters. The van der Waals surface area contributed by atoms with E-state index in [9.17, 15) is 14.4 Å². The van der Waals surface area contributed by atoms with Crippen LogP contribution in [0.25, 0.3) is 10.2 Å². The first-order valence-corrected chi connectivity index (χ1v) is 10.3. The van der Waals surface area contributed by atoms with Crippen LogP contribution in [-0.2, 0) is 32.0 Å². The standard InChI is InChI=1S/C22H22N2O6S/c1-4-30-16-8-5-14(6-9-16)11-19(25)23-22-24(13-20(26)28-2)17-10-7-15(21(27)29-3)12-18(17)31-22/h5-10,12H,4,11,13H2,1-3H3. The van der Waals surface area contributed by atoms with Crippen molar-refractivity contribution in [3.8, 4) is 5.75 Å². The van der Waals surface area contributed by atoms with Gasteiger partial charge in [-0.25, -0.2) is 4.79 Å². The van der Waals surface area contributed by atoms with Crippen molar-refractivity contribution in [1.82, 2.24) is 4.57 Å². The second-order valence-corrected chi connectivity index (χ2v) is 7.49. The molecular formula is C22H22N2O6S. The van der Waals surface area contributed by atoms with E-state index < -0.39 is 11.9 Å². The monoisotopic (exact) mass is 442 g/mol. The molecule has 0 radical (unpaired) electrons. The number of ether oxygens (including phenoxy) is 3.